The van der Waals surface area contributed by atoms with Crippen molar-refractivity contribution in [1.82, 2.24) is 0 Å². The lowest BCUT2D eigenvalue weighted by molar-refractivity contribution is -0.380. The molecule has 1 saturated heterocycles. The molecule has 0 N–H and O–H groups in total. The Bertz CT molecular complexity index is 226. The van der Waals surface area contributed by atoms with Crippen molar-refractivity contribution in [2.24, 2.45) is 0 Å². The van der Waals surface area contributed by atoms with Crippen LogP contribution in [0, 0.1) is 0 Å². The molecule has 0 aromatic carbocycles. The maximum absolute atomic E-state index is 10.6. The fourth-order valence-corrected chi connectivity index (χ4v) is 0.772. The van der Waals surface area contributed by atoms with E-state index in [1.165, 1.54) is 6.92 Å². The number of cyclic esters (lactones) is 2. The van der Waals surface area contributed by atoms with Gasteiger partial charge >= 0.3 is 24.7 Å². The molecule has 0 aromatic heterocycles. The average Bonchev–Trinajstić information content (AvgIpc) is 2.41. The van der Waals surface area contributed by atoms with E-state index >= 15 is 0 Å². The van der Waals surface area contributed by atoms with Gasteiger partial charge in [0, 0.05) is 6.92 Å². The molecule has 7 nitrogen and oxygen atoms in total. The summed E-state index contributed by atoms with van der Waals surface area (Å²) in [5, 5.41) is 0. The van der Waals surface area contributed by atoms with Crippen LogP contribution in [0.1, 0.15) is 13.8 Å². The average molecular weight is 206 g/mol. The van der Waals surface area contributed by atoms with Crippen molar-refractivity contribution >= 4 is 12.1 Å². The summed E-state index contributed by atoms with van der Waals surface area (Å²) in [5.41, 5.74) is 0. The van der Waals surface area contributed by atoms with E-state index in [0.29, 0.717) is 0 Å². The minimum atomic E-state index is -1.22. The van der Waals surface area contributed by atoms with Crippen molar-refractivity contribution in [3.63, 3.8) is 0 Å². The highest BCUT2D eigenvalue weighted by atomic mass is 17.2. The summed E-state index contributed by atoms with van der Waals surface area (Å²) in [6, 6.07) is 0. The van der Waals surface area contributed by atoms with Gasteiger partial charge in [0.1, 0.15) is 0 Å². The normalized spacial score (nSPS) is 25.4. The predicted octanol–water partition coefficient (Wildman–Crippen LogP) is 0.337. The molecular weight excluding hydrogens is 196 g/mol. The molecule has 2 unspecified atom stereocenters. The first-order chi connectivity index (χ1) is 6.63. The summed E-state index contributed by atoms with van der Waals surface area (Å²) in [5.74, 6) is -0.613. The highest BCUT2D eigenvalue weighted by molar-refractivity contribution is 5.67. The standard InChI is InChI=1S/C7H10O7/c1-3-10-14-6-5(11-4(2)8)12-7(9)13-6/h5-6H,3H2,1-2H3. The lowest BCUT2D eigenvalue weighted by Gasteiger charge is -2.13. The van der Waals surface area contributed by atoms with Gasteiger partial charge in [-0.1, -0.05) is 0 Å². The van der Waals surface area contributed by atoms with Crippen molar-refractivity contribution < 1.29 is 33.6 Å². The van der Waals surface area contributed by atoms with Crippen molar-refractivity contribution in [2.75, 3.05) is 6.61 Å². The Morgan fingerprint density at radius 3 is 2.64 bits per heavy atom. The third kappa shape index (κ3) is 2.86. The lowest BCUT2D eigenvalue weighted by atomic mass is 10.6. The molecule has 14 heavy (non-hydrogen) atoms. The Morgan fingerprint density at radius 1 is 1.43 bits per heavy atom. The fourth-order valence-electron chi connectivity index (χ4n) is 0.772. The molecule has 0 spiro atoms. The number of hydrogen-bond acceptors (Lipinski definition) is 7. The van der Waals surface area contributed by atoms with Crippen LogP contribution >= 0.6 is 0 Å². The number of hydrogen-bond donors (Lipinski definition) is 0. The van der Waals surface area contributed by atoms with E-state index in [1.54, 1.807) is 6.92 Å². The van der Waals surface area contributed by atoms with E-state index < -0.39 is 24.7 Å². The number of ether oxygens (including phenoxy) is 3. The number of carbonyl (C=O) groups excluding carboxylic acids is 2. The molecule has 2 atom stereocenters. The second-order valence-corrected chi connectivity index (χ2v) is 2.33. The van der Waals surface area contributed by atoms with Gasteiger partial charge in [-0.05, 0) is 6.92 Å². The number of carbonyl (C=O) groups is 2. The molecule has 0 aliphatic carbocycles. The molecule has 1 aliphatic heterocycles. The molecular formula is C7H10O7. The van der Waals surface area contributed by atoms with Crippen LogP contribution in [0.5, 0.6) is 0 Å². The molecule has 0 aromatic rings. The molecule has 1 rings (SSSR count). The van der Waals surface area contributed by atoms with Gasteiger partial charge in [-0.25, -0.2) is 9.68 Å². The van der Waals surface area contributed by atoms with E-state index in [2.05, 4.69) is 24.0 Å². The van der Waals surface area contributed by atoms with E-state index in [0.717, 1.165) is 0 Å². The Hall–Kier alpha value is -1.34. The molecule has 0 amide bonds. The minimum Gasteiger partial charge on any atom is -0.418 e. The Kier molecular flexibility index (Phi) is 3.66. The maximum Gasteiger partial charge on any atom is 0.514 e. The van der Waals surface area contributed by atoms with E-state index in [9.17, 15) is 9.59 Å². The van der Waals surface area contributed by atoms with Crippen molar-refractivity contribution in [3.8, 4) is 0 Å². The van der Waals surface area contributed by atoms with Gasteiger partial charge in [0.25, 0.3) is 0 Å². The number of esters is 1. The van der Waals surface area contributed by atoms with Crippen molar-refractivity contribution in [3.05, 3.63) is 0 Å². The van der Waals surface area contributed by atoms with E-state index in [1.807, 2.05) is 0 Å². The Morgan fingerprint density at radius 2 is 2.07 bits per heavy atom. The molecule has 0 saturated carbocycles. The van der Waals surface area contributed by atoms with Gasteiger partial charge < -0.3 is 14.2 Å². The van der Waals surface area contributed by atoms with Crippen LogP contribution in [0.2, 0.25) is 0 Å². The summed E-state index contributed by atoms with van der Waals surface area (Å²) >= 11 is 0. The van der Waals surface area contributed by atoms with Gasteiger partial charge in [0.05, 0.1) is 6.61 Å². The smallest absolute Gasteiger partial charge is 0.418 e. The van der Waals surface area contributed by atoms with E-state index in [4.69, 9.17) is 0 Å². The quantitative estimate of drug-likeness (QED) is 0.372. The first-order valence-electron chi connectivity index (χ1n) is 3.96. The minimum absolute atomic E-state index is 0.265. The largest absolute Gasteiger partial charge is 0.514 e. The SMILES string of the molecule is CCOOC1OC(=O)OC1OC(C)=O. The predicted molar refractivity (Wildman–Crippen MR) is 39.6 cm³/mol. The zero-order valence-corrected chi connectivity index (χ0v) is 7.72. The zero-order chi connectivity index (χ0) is 10.6. The lowest BCUT2D eigenvalue weighted by Crippen LogP contribution is -2.30. The molecule has 1 aliphatic rings. The van der Waals surface area contributed by atoms with Gasteiger partial charge in [-0.15, -0.1) is 0 Å². The zero-order valence-electron chi connectivity index (χ0n) is 7.72. The van der Waals surface area contributed by atoms with Crippen LogP contribution in [0.3, 0.4) is 0 Å². The second kappa shape index (κ2) is 4.77. The summed E-state index contributed by atoms with van der Waals surface area (Å²) in [4.78, 5) is 30.3. The van der Waals surface area contributed by atoms with Gasteiger partial charge in [-0.2, -0.15) is 4.89 Å². The summed E-state index contributed by atoms with van der Waals surface area (Å²) in [7, 11) is 0. The van der Waals surface area contributed by atoms with E-state index in [-0.39, 0.29) is 6.61 Å². The molecule has 1 fully saturated rings. The maximum atomic E-state index is 10.6. The van der Waals surface area contributed by atoms with Gasteiger partial charge in [-0.3, -0.25) is 4.79 Å². The Balaban J connectivity index is 2.44. The molecule has 0 radical (unpaired) electrons. The summed E-state index contributed by atoms with van der Waals surface area (Å²) < 4.78 is 13.5. The summed E-state index contributed by atoms with van der Waals surface area (Å²) in [6.07, 6.45) is -3.36. The van der Waals surface area contributed by atoms with Crippen molar-refractivity contribution in [2.45, 2.75) is 26.4 Å². The van der Waals surface area contributed by atoms with Crippen LogP contribution in [-0.2, 0) is 28.8 Å². The first kappa shape index (κ1) is 10.7. The van der Waals surface area contributed by atoms with Crippen LogP contribution in [-0.4, -0.2) is 31.3 Å². The van der Waals surface area contributed by atoms with Crippen LogP contribution in [0.15, 0.2) is 0 Å². The highest BCUT2D eigenvalue weighted by Crippen LogP contribution is 2.17. The highest BCUT2D eigenvalue weighted by Gasteiger charge is 2.41. The molecule has 0 bridgehead atoms. The molecule has 80 valence electrons. The van der Waals surface area contributed by atoms with Gasteiger partial charge in [0.15, 0.2) is 0 Å². The third-order valence-corrected chi connectivity index (χ3v) is 1.21. The third-order valence-electron chi connectivity index (χ3n) is 1.21. The molecule has 1 heterocycles. The van der Waals surface area contributed by atoms with Crippen molar-refractivity contribution in [1.29, 1.82) is 0 Å². The fraction of sp³-hybridized carbons (Fsp3) is 0.714. The van der Waals surface area contributed by atoms with Crippen LogP contribution in [0.4, 0.5) is 4.79 Å². The Labute approximate surface area is 79.7 Å². The van der Waals surface area contributed by atoms with Crippen LogP contribution in [0.25, 0.3) is 0 Å². The molecule has 7 heteroatoms. The van der Waals surface area contributed by atoms with Crippen LogP contribution < -0.4 is 0 Å². The monoisotopic (exact) mass is 206 g/mol. The number of rotatable bonds is 4. The topological polar surface area (TPSA) is 80.3 Å². The van der Waals surface area contributed by atoms with Gasteiger partial charge in [0.2, 0.25) is 0 Å². The summed E-state index contributed by atoms with van der Waals surface area (Å²) in [6.45, 7) is 3.11. The first-order valence-corrected chi connectivity index (χ1v) is 3.96. The second-order valence-electron chi connectivity index (χ2n) is 2.33.